The minimum Gasteiger partial charge on any atom is -0.380 e. The Morgan fingerprint density at radius 2 is 1.09 bits per heavy atom. The molecule has 0 aliphatic rings. The Hall–Kier alpha value is -3.39. The third-order valence-electron chi connectivity index (χ3n) is 5.30. The van der Waals surface area contributed by atoms with E-state index in [9.17, 15) is 14.5 Å². The van der Waals surface area contributed by atoms with Crippen molar-refractivity contribution in [2.75, 3.05) is 0 Å². The summed E-state index contributed by atoms with van der Waals surface area (Å²) in [4.78, 5) is 12.3. The average molecular weight is 456 g/mol. The van der Waals surface area contributed by atoms with E-state index in [-0.39, 0.29) is 5.78 Å². The van der Waals surface area contributed by atoms with E-state index in [0.717, 1.165) is 32.9 Å². The van der Waals surface area contributed by atoms with Crippen LogP contribution in [0, 0.1) is 20.8 Å². The quantitative estimate of drug-likeness (QED) is 0.297. The topological polar surface area (TPSA) is 54.4 Å². The number of hydrogen-bond acceptors (Lipinski definition) is 3. The molecule has 4 aromatic rings. The summed E-state index contributed by atoms with van der Waals surface area (Å²) in [7, 11) is -1.42. The molecule has 0 aliphatic heterocycles. The molecule has 4 heteroatoms. The lowest BCUT2D eigenvalue weighted by Gasteiger charge is -2.16. The zero-order valence-corrected chi connectivity index (χ0v) is 20.0. The summed E-state index contributed by atoms with van der Waals surface area (Å²) in [5, 5.41) is 12.1. The molecule has 1 atom stereocenters. The molecule has 0 heterocycles. The van der Waals surface area contributed by atoms with E-state index in [4.69, 9.17) is 0 Å². The lowest BCUT2D eigenvalue weighted by Crippen LogP contribution is -2.15. The van der Waals surface area contributed by atoms with Crippen molar-refractivity contribution < 1.29 is 14.5 Å². The number of Topliss-reactive ketones (excluding diaryl/α,β-unsaturated/α-hetero) is 1. The highest BCUT2D eigenvalue weighted by atomic mass is 31.1. The second-order valence-corrected chi connectivity index (χ2v) is 9.53. The van der Waals surface area contributed by atoms with Crippen molar-refractivity contribution in [2.24, 2.45) is 0 Å². The normalized spacial score (nSPS) is 11.2. The SMILES string of the molecule is Cc1cc(C)c(C(O)C(=O)c2ccccc2)c(C)c1.O=[P+](c1ccccc1)c1ccccc1. The summed E-state index contributed by atoms with van der Waals surface area (Å²) in [5.74, 6) is -0.254. The fourth-order valence-corrected chi connectivity index (χ4v) is 4.97. The lowest BCUT2D eigenvalue weighted by molar-refractivity contribution is 0.0745. The Labute approximate surface area is 196 Å². The molecule has 0 amide bonds. The minimum atomic E-state index is -1.42. The monoisotopic (exact) mass is 455 g/mol. The van der Waals surface area contributed by atoms with E-state index in [1.165, 1.54) is 0 Å². The van der Waals surface area contributed by atoms with Gasteiger partial charge in [-0.3, -0.25) is 4.79 Å². The molecule has 1 N–H and O–H groups in total. The zero-order chi connectivity index (χ0) is 23.8. The minimum absolute atomic E-state index is 0.254. The molecule has 4 aromatic carbocycles. The van der Waals surface area contributed by atoms with E-state index < -0.39 is 13.9 Å². The number of ketones is 1. The average Bonchev–Trinajstić information content (AvgIpc) is 2.84. The lowest BCUT2D eigenvalue weighted by atomic mass is 9.91. The molecule has 166 valence electrons. The van der Waals surface area contributed by atoms with Crippen molar-refractivity contribution in [3.05, 3.63) is 131 Å². The molecule has 0 saturated heterocycles. The number of carbonyl (C=O) groups is 1. The summed E-state index contributed by atoms with van der Waals surface area (Å²) in [6.45, 7) is 5.86. The third-order valence-corrected chi connectivity index (χ3v) is 6.83. The van der Waals surface area contributed by atoms with Gasteiger partial charge in [0.15, 0.2) is 16.4 Å². The fraction of sp³-hybridized carbons (Fsp3) is 0.138. The van der Waals surface area contributed by atoms with Crippen molar-refractivity contribution >= 4 is 24.2 Å². The first-order chi connectivity index (χ1) is 15.9. The first kappa shape index (κ1) is 24.3. The fourth-order valence-electron chi connectivity index (χ4n) is 3.79. The van der Waals surface area contributed by atoms with Crippen LogP contribution in [0.15, 0.2) is 103 Å². The standard InChI is InChI=1S/C17H18O2.C12H10OP/c1-11-9-12(2)15(13(3)10-11)17(19)16(18)14-7-5-4-6-8-14;13-14(11-7-3-1-4-8-11)12-9-5-2-6-10-12/h4-10,17,19H,1-3H3;1-10H/q;+1. The van der Waals surface area contributed by atoms with Crippen LogP contribution in [0.2, 0.25) is 0 Å². The zero-order valence-electron chi connectivity index (χ0n) is 19.1. The molecular formula is C29H28O3P+. The van der Waals surface area contributed by atoms with E-state index in [2.05, 4.69) is 0 Å². The van der Waals surface area contributed by atoms with Crippen LogP contribution in [-0.4, -0.2) is 10.9 Å². The highest BCUT2D eigenvalue weighted by Crippen LogP contribution is 2.26. The highest BCUT2D eigenvalue weighted by molar-refractivity contribution is 7.61. The third kappa shape index (κ3) is 6.32. The summed E-state index contributed by atoms with van der Waals surface area (Å²) in [6, 6.07) is 32.0. The van der Waals surface area contributed by atoms with Crippen molar-refractivity contribution in [1.82, 2.24) is 0 Å². The van der Waals surface area contributed by atoms with Gasteiger partial charge in [0, 0.05) is 5.56 Å². The van der Waals surface area contributed by atoms with Crippen LogP contribution < -0.4 is 10.6 Å². The number of aliphatic hydroxyl groups excluding tert-OH is 1. The molecule has 33 heavy (non-hydrogen) atoms. The Morgan fingerprint density at radius 1 is 0.697 bits per heavy atom. The van der Waals surface area contributed by atoms with Gasteiger partial charge in [0.05, 0.1) is 0 Å². The maximum absolute atomic E-state index is 12.3. The predicted molar refractivity (Wildman–Crippen MR) is 136 cm³/mol. The molecule has 0 aromatic heterocycles. The van der Waals surface area contributed by atoms with Gasteiger partial charge in [-0.25, -0.2) is 0 Å². The Balaban J connectivity index is 0.000000194. The van der Waals surface area contributed by atoms with Crippen LogP contribution in [-0.2, 0) is 4.57 Å². The van der Waals surface area contributed by atoms with Gasteiger partial charge < -0.3 is 5.11 Å². The number of aryl methyl sites for hydroxylation is 3. The van der Waals surface area contributed by atoms with Crippen molar-refractivity contribution in [3.8, 4) is 0 Å². The maximum atomic E-state index is 12.3. The first-order valence-electron chi connectivity index (χ1n) is 10.8. The first-order valence-corrected chi connectivity index (χ1v) is 12.1. The summed E-state index contributed by atoms with van der Waals surface area (Å²) in [6.07, 6.45) is -1.09. The second-order valence-electron chi connectivity index (χ2n) is 7.91. The number of carbonyl (C=O) groups excluding carboxylic acids is 1. The largest absolute Gasteiger partial charge is 0.415 e. The van der Waals surface area contributed by atoms with E-state index >= 15 is 0 Å². The Kier molecular flexibility index (Phi) is 8.43. The molecule has 0 bridgehead atoms. The molecular weight excluding hydrogens is 427 g/mol. The smallest absolute Gasteiger partial charge is 0.380 e. The van der Waals surface area contributed by atoms with Gasteiger partial charge in [-0.05, 0) is 61.7 Å². The van der Waals surface area contributed by atoms with Crippen LogP contribution in [0.25, 0.3) is 0 Å². The van der Waals surface area contributed by atoms with E-state index in [0.29, 0.717) is 5.56 Å². The van der Waals surface area contributed by atoms with Gasteiger partial charge in [-0.2, -0.15) is 0 Å². The van der Waals surface area contributed by atoms with Crippen LogP contribution in [0.1, 0.15) is 38.7 Å². The van der Waals surface area contributed by atoms with Crippen molar-refractivity contribution in [2.45, 2.75) is 26.9 Å². The molecule has 0 radical (unpaired) electrons. The van der Waals surface area contributed by atoms with Gasteiger partial charge in [0.1, 0.15) is 6.10 Å². The maximum Gasteiger partial charge on any atom is 0.415 e. The molecule has 0 spiro atoms. The predicted octanol–water partition coefficient (Wildman–Crippen LogP) is 5.99. The van der Waals surface area contributed by atoms with E-state index in [1.807, 2.05) is 99.6 Å². The van der Waals surface area contributed by atoms with Crippen LogP contribution in [0.3, 0.4) is 0 Å². The number of aliphatic hydroxyl groups is 1. The van der Waals surface area contributed by atoms with Crippen LogP contribution in [0.5, 0.6) is 0 Å². The van der Waals surface area contributed by atoms with Crippen LogP contribution in [0.4, 0.5) is 0 Å². The molecule has 0 aliphatic carbocycles. The summed E-state index contributed by atoms with van der Waals surface area (Å²) in [5.41, 5.74) is 4.30. The highest BCUT2D eigenvalue weighted by Gasteiger charge is 2.23. The number of hydrogen-bond donors (Lipinski definition) is 1. The Morgan fingerprint density at radius 3 is 1.52 bits per heavy atom. The number of benzene rings is 4. The molecule has 1 unspecified atom stereocenters. The van der Waals surface area contributed by atoms with Crippen LogP contribution >= 0.6 is 7.80 Å². The van der Waals surface area contributed by atoms with Gasteiger partial charge in [-0.15, -0.1) is 0 Å². The molecule has 0 fully saturated rings. The summed E-state index contributed by atoms with van der Waals surface area (Å²) >= 11 is 0. The number of rotatable bonds is 5. The molecule has 4 rings (SSSR count). The van der Waals surface area contributed by atoms with E-state index in [1.54, 1.807) is 24.3 Å². The molecule has 3 nitrogen and oxygen atoms in total. The Bertz CT molecular complexity index is 1160. The van der Waals surface area contributed by atoms with Gasteiger partial charge in [0.25, 0.3) is 0 Å². The van der Waals surface area contributed by atoms with Crippen molar-refractivity contribution in [1.29, 1.82) is 0 Å². The van der Waals surface area contributed by atoms with Gasteiger partial charge in [-0.1, -0.05) is 89.0 Å². The van der Waals surface area contributed by atoms with Gasteiger partial charge >= 0.3 is 7.80 Å². The van der Waals surface area contributed by atoms with Gasteiger partial charge in [0.2, 0.25) is 0 Å². The molecule has 0 saturated carbocycles. The second kappa shape index (κ2) is 11.5. The van der Waals surface area contributed by atoms with Crippen molar-refractivity contribution in [3.63, 3.8) is 0 Å². The summed E-state index contributed by atoms with van der Waals surface area (Å²) < 4.78 is 12.0.